The van der Waals surface area contributed by atoms with E-state index in [4.69, 9.17) is 5.73 Å². The van der Waals surface area contributed by atoms with Crippen molar-refractivity contribution in [2.24, 2.45) is 22.6 Å². The maximum atomic E-state index is 12.9. The average molecular weight is 398 g/mol. The van der Waals surface area contributed by atoms with Gasteiger partial charge in [0.05, 0.1) is 17.5 Å². The van der Waals surface area contributed by atoms with Crippen LogP contribution in [0.1, 0.15) is 18.1 Å². The van der Waals surface area contributed by atoms with Crippen molar-refractivity contribution in [1.82, 2.24) is 4.90 Å². The Bertz CT molecular complexity index is 839. The Morgan fingerprint density at radius 3 is 2.68 bits per heavy atom. The van der Waals surface area contributed by atoms with Crippen molar-refractivity contribution >= 4 is 29.8 Å². The highest BCUT2D eigenvalue weighted by Gasteiger charge is 2.28. The Hall–Kier alpha value is -2.34. The smallest absolute Gasteiger partial charge is 0.255 e. The third-order valence-electron chi connectivity index (χ3n) is 5.30. The molecule has 0 aliphatic carbocycles. The van der Waals surface area contributed by atoms with Crippen LogP contribution in [0.15, 0.2) is 51.9 Å². The molecule has 148 valence electrons. The van der Waals surface area contributed by atoms with Crippen LogP contribution in [0.3, 0.4) is 0 Å². The maximum Gasteiger partial charge on any atom is 0.255 e. The van der Waals surface area contributed by atoms with Crippen LogP contribution in [0.5, 0.6) is 0 Å². The molecule has 5 nitrogen and oxygen atoms in total. The van der Waals surface area contributed by atoms with E-state index in [1.54, 1.807) is 17.2 Å². The van der Waals surface area contributed by atoms with Gasteiger partial charge in [-0.25, -0.2) is 0 Å². The summed E-state index contributed by atoms with van der Waals surface area (Å²) in [5.74, 6) is 0.128. The van der Waals surface area contributed by atoms with Gasteiger partial charge in [0.1, 0.15) is 0 Å². The largest absolute Gasteiger partial charge is 0.369 e. The van der Waals surface area contributed by atoms with Crippen LogP contribution in [-0.2, 0) is 9.59 Å². The topological polar surface area (TPSA) is 75.8 Å². The zero-order valence-corrected chi connectivity index (χ0v) is 17.4. The van der Waals surface area contributed by atoms with Crippen LogP contribution < -0.4 is 5.73 Å². The Labute approximate surface area is 170 Å². The standard InChI is InChI=1S/C22H27N3O2S/c1-14-6-4-7-15(2)20(14)28-13-19-10-18(11-24-16(19)3)22(27)25-9-5-8-17(12-25)21(23)26/h4-8,10-11,16-17,19H,9,12-13H2,1-3H3,(H2,23,26). The number of aryl methyl sites for hydroxylation is 2. The quantitative estimate of drug-likeness (QED) is 0.613. The summed E-state index contributed by atoms with van der Waals surface area (Å²) < 4.78 is 0. The van der Waals surface area contributed by atoms with Crippen LogP contribution >= 0.6 is 11.8 Å². The Kier molecular flexibility index (Phi) is 6.39. The summed E-state index contributed by atoms with van der Waals surface area (Å²) >= 11 is 1.82. The molecular formula is C22H27N3O2S. The number of thioether (sulfide) groups is 1. The fraction of sp³-hybridized carbons (Fsp3) is 0.409. The number of nitrogens with two attached hydrogens (primary N) is 1. The van der Waals surface area contributed by atoms with Gasteiger partial charge in [-0.05, 0) is 31.9 Å². The highest BCUT2D eigenvalue weighted by atomic mass is 32.2. The van der Waals surface area contributed by atoms with Gasteiger partial charge in [0, 0.05) is 35.9 Å². The monoisotopic (exact) mass is 397 g/mol. The molecule has 1 aromatic carbocycles. The van der Waals surface area contributed by atoms with E-state index in [0.717, 1.165) is 5.75 Å². The number of primary amides is 1. The molecule has 0 radical (unpaired) electrons. The molecule has 2 heterocycles. The number of nitrogens with zero attached hydrogens (tertiary/aromatic N) is 2. The summed E-state index contributed by atoms with van der Waals surface area (Å²) in [5.41, 5.74) is 8.54. The number of carbonyl (C=O) groups is 2. The molecule has 3 rings (SSSR count). The number of benzene rings is 1. The van der Waals surface area contributed by atoms with Crippen molar-refractivity contribution in [2.75, 3.05) is 18.8 Å². The molecule has 0 saturated heterocycles. The zero-order chi connectivity index (χ0) is 20.3. The molecule has 3 unspecified atom stereocenters. The van der Waals surface area contributed by atoms with E-state index in [2.05, 4.69) is 44.0 Å². The highest BCUT2D eigenvalue weighted by molar-refractivity contribution is 7.99. The molecule has 6 heteroatoms. The number of carbonyl (C=O) groups excluding carboxylic acids is 2. The van der Waals surface area contributed by atoms with E-state index < -0.39 is 11.8 Å². The van der Waals surface area contributed by atoms with Gasteiger partial charge < -0.3 is 10.6 Å². The van der Waals surface area contributed by atoms with Crippen LogP contribution in [0.25, 0.3) is 0 Å². The summed E-state index contributed by atoms with van der Waals surface area (Å²) in [5, 5.41) is 0. The van der Waals surface area contributed by atoms with Crippen LogP contribution in [0.2, 0.25) is 0 Å². The lowest BCUT2D eigenvalue weighted by molar-refractivity contribution is -0.128. The second-order valence-corrected chi connectivity index (χ2v) is 8.51. The molecule has 2 aliphatic rings. The number of amides is 2. The van der Waals surface area contributed by atoms with Gasteiger partial charge in [-0.1, -0.05) is 36.4 Å². The van der Waals surface area contributed by atoms with Gasteiger partial charge in [-0.2, -0.15) is 0 Å². The van der Waals surface area contributed by atoms with Gasteiger partial charge in [-0.3, -0.25) is 14.6 Å². The van der Waals surface area contributed by atoms with Gasteiger partial charge >= 0.3 is 0 Å². The lowest BCUT2D eigenvalue weighted by Gasteiger charge is -2.29. The molecule has 1 aromatic rings. The summed E-state index contributed by atoms with van der Waals surface area (Å²) in [6.45, 7) is 7.15. The van der Waals surface area contributed by atoms with E-state index in [0.29, 0.717) is 18.7 Å². The first-order valence-corrected chi connectivity index (χ1v) is 10.5. The Morgan fingerprint density at radius 2 is 2.00 bits per heavy atom. The minimum Gasteiger partial charge on any atom is -0.369 e. The zero-order valence-electron chi connectivity index (χ0n) is 16.6. The lowest BCUT2D eigenvalue weighted by atomic mass is 9.96. The third-order valence-corrected chi connectivity index (χ3v) is 6.79. The van der Waals surface area contributed by atoms with Crippen LogP contribution in [0, 0.1) is 25.7 Å². The van der Waals surface area contributed by atoms with Crippen LogP contribution in [-0.4, -0.2) is 47.8 Å². The van der Waals surface area contributed by atoms with E-state index in [9.17, 15) is 9.59 Å². The normalized spacial score (nSPS) is 24.2. The second-order valence-electron chi connectivity index (χ2n) is 7.48. The van der Waals surface area contributed by atoms with E-state index in [-0.39, 0.29) is 17.9 Å². The molecule has 0 spiro atoms. The SMILES string of the molecule is Cc1cccc(C)c1SCC1C=C(C(=O)N2CC=CC(C(N)=O)C2)C=NC1C. The summed E-state index contributed by atoms with van der Waals surface area (Å²) in [7, 11) is 0. The lowest BCUT2D eigenvalue weighted by Crippen LogP contribution is -2.43. The number of dihydropyridines is 1. The minimum absolute atomic E-state index is 0.0895. The van der Waals surface area contributed by atoms with Crippen molar-refractivity contribution in [3.63, 3.8) is 0 Å². The van der Waals surface area contributed by atoms with Crippen LogP contribution in [0.4, 0.5) is 0 Å². The molecule has 3 atom stereocenters. The number of hydrogen-bond acceptors (Lipinski definition) is 4. The predicted molar refractivity (Wildman–Crippen MR) is 115 cm³/mol. The molecule has 0 fully saturated rings. The first kappa shape index (κ1) is 20.4. The van der Waals surface area contributed by atoms with Gasteiger partial charge in [0.25, 0.3) is 5.91 Å². The number of rotatable bonds is 5. The van der Waals surface area contributed by atoms with Gasteiger partial charge in [-0.15, -0.1) is 11.8 Å². The number of hydrogen-bond donors (Lipinski definition) is 1. The van der Waals surface area contributed by atoms with Crippen molar-refractivity contribution in [3.05, 3.63) is 53.1 Å². The van der Waals surface area contributed by atoms with E-state index in [1.165, 1.54) is 16.0 Å². The summed E-state index contributed by atoms with van der Waals surface area (Å²) in [6.07, 6.45) is 7.32. The summed E-state index contributed by atoms with van der Waals surface area (Å²) in [6, 6.07) is 6.46. The van der Waals surface area contributed by atoms with Crippen molar-refractivity contribution in [1.29, 1.82) is 0 Å². The second kappa shape index (κ2) is 8.78. The summed E-state index contributed by atoms with van der Waals surface area (Å²) in [4.78, 5) is 31.9. The van der Waals surface area contributed by atoms with E-state index in [1.807, 2.05) is 23.9 Å². The van der Waals surface area contributed by atoms with Crippen molar-refractivity contribution in [3.8, 4) is 0 Å². The fourth-order valence-electron chi connectivity index (χ4n) is 3.50. The molecule has 2 aliphatic heterocycles. The molecular weight excluding hydrogens is 370 g/mol. The fourth-order valence-corrected chi connectivity index (χ4v) is 4.83. The molecule has 28 heavy (non-hydrogen) atoms. The third kappa shape index (κ3) is 4.55. The first-order chi connectivity index (χ1) is 13.4. The van der Waals surface area contributed by atoms with Crippen molar-refractivity contribution in [2.45, 2.75) is 31.7 Å². The molecule has 0 saturated carbocycles. The van der Waals surface area contributed by atoms with Gasteiger partial charge in [0.2, 0.25) is 5.91 Å². The molecule has 2 amide bonds. The van der Waals surface area contributed by atoms with Crippen molar-refractivity contribution < 1.29 is 9.59 Å². The average Bonchev–Trinajstić information content (AvgIpc) is 2.68. The predicted octanol–water partition coefficient (Wildman–Crippen LogP) is 2.91. The Balaban J connectivity index is 1.70. The van der Waals surface area contributed by atoms with E-state index >= 15 is 0 Å². The molecule has 2 N–H and O–H groups in total. The molecule has 0 aromatic heterocycles. The number of aliphatic imine (C=N–C) groups is 1. The Morgan fingerprint density at radius 1 is 1.29 bits per heavy atom. The van der Waals surface area contributed by atoms with Gasteiger partial charge in [0.15, 0.2) is 0 Å². The minimum atomic E-state index is -0.423. The first-order valence-electron chi connectivity index (χ1n) is 9.56. The highest BCUT2D eigenvalue weighted by Crippen LogP contribution is 2.31. The maximum absolute atomic E-state index is 12.9. The molecule has 0 bridgehead atoms.